The van der Waals surface area contributed by atoms with Gasteiger partial charge in [0.15, 0.2) is 0 Å². The summed E-state index contributed by atoms with van der Waals surface area (Å²) in [7, 11) is 0. The number of carbonyl (C=O) groups is 1. The van der Waals surface area contributed by atoms with Gasteiger partial charge in [-0.2, -0.15) is 0 Å². The maximum absolute atomic E-state index is 12.6. The lowest BCUT2D eigenvalue weighted by molar-refractivity contribution is 0.0949. The van der Waals surface area contributed by atoms with E-state index in [1.165, 1.54) is 57.8 Å². The third-order valence-corrected chi connectivity index (χ3v) is 6.32. The fraction of sp³-hybridized carbons (Fsp3) is 0.481. The van der Waals surface area contributed by atoms with Crippen LogP contribution in [0.3, 0.4) is 0 Å². The zero-order valence-electron chi connectivity index (χ0n) is 19.3. The van der Waals surface area contributed by atoms with E-state index in [1.807, 2.05) is 30.3 Å². The van der Waals surface area contributed by atoms with Gasteiger partial charge in [0.05, 0.1) is 28.2 Å². The number of hydrogen-bond donors (Lipinski definition) is 1. The highest BCUT2D eigenvalue weighted by Gasteiger charge is 2.13. The van der Waals surface area contributed by atoms with E-state index in [4.69, 9.17) is 16.6 Å². The van der Waals surface area contributed by atoms with E-state index in [0.29, 0.717) is 17.1 Å². The molecule has 0 bridgehead atoms. The van der Waals surface area contributed by atoms with Crippen molar-refractivity contribution in [3.05, 3.63) is 64.9 Å². The molecule has 0 aliphatic carbocycles. The molecule has 5 heteroatoms. The SMILES string of the molecule is CCCCCCCCCCCCn1c(CNC(=O)c2ccccc2Cl)nc2ccccc21. The fourth-order valence-corrected chi connectivity index (χ4v) is 4.39. The quantitative estimate of drug-likeness (QED) is 0.256. The van der Waals surface area contributed by atoms with Crippen LogP contribution in [-0.4, -0.2) is 15.5 Å². The Morgan fingerprint density at radius 3 is 2.22 bits per heavy atom. The minimum atomic E-state index is -0.173. The molecule has 0 saturated heterocycles. The predicted molar refractivity (Wildman–Crippen MR) is 134 cm³/mol. The van der Waals surface area contributed by atoms with Crippen molar-refractivity contribution < 1.29 is 4.79 Å². The van der Waals surface area contributed by atoms with Crippen LogP contribution in [0.1, 0.15) is 87.3 Å². The van der Waals surface area contributed by atoms with Crippen molar-refractivity contribution in [1.82, 2.24) is 14.9 Å². The highest BCUT2D eigenvalue weighted by Crippen LogP contribution is 2.19. The number of amides is 1. The van der Waals surface area contributed by atoms with Crippen LogP contribution in [-0.2, 0) is 13.1 Å². The summed E-state index contributed by atoms with van der Waals surface area (Å²) in [6.45, 7) is 3.58. The number of fused-ring (bicyclic) bond motifs is 1. The first-order valence-corrected chi connectivity index (χ1v) is 12.6. The van der Waals surface area contributed by atoms with Crippen molar-refractivity contribution >= 4 is 28.5 Å². The van der Waals surface area contributed by atoms with E-state index in [1.54, 1.807) is 12.1 Å². The number of para-hydroxylation sites is 2. The number of halogens is 1. The number of nitrogens with zero attached hydrogens (tertiary/aromatic N) is 2. The van der Waals surface area contributed by atoms with Gasteiger partial charge in [-0.1, -0.05) is 101 Å². The zero-order chi connectivity index (χ0) is 22.6. The van der Waals surface area contributed by atoms with E-state index in [-0.39, 0.29) is 5.91 Å². The normalized spacial score (nSPS) is 11.2. The second kappa shape index (κ2) is 13.3. The first kappa shape index (κ1) is 24.3. The predicted octanol–water partition coefficient (Wildman–Crippen LogP) is 7.54. The molecule has 3 rings (SSSR count). The minimum absolute atomic E-state index is 0.173. The number of rotatable bonds is 14. The maximum atomic E-state index is 12.6. The van der Waals surface area contributed by atoms with Gasteiger partial charge >= 0.3 is 0 Å². The van der Waals surface area contributed by atoms with Crippen LogP contribution in [0.15, 0.2) is 48.5 Å². The Labute approximate surface area is 197 Å². The molecule has 1 N–H and O–H groups in total. The Kier molecular flexibility index (Phi) is 10.1. The summed E-state index contributed by atoms with van der Waals surface area (Å²) in [4.78, 5) is 17.4. The van der Waals surface area contributed by atoms with E-state index in [2.05, 4.69) is 22.9 Å². The number of nitrogens with one attached hydrogen (secondary N) is 1. The summed E-state index contributed by atoms with van der Waals surface area (Å²) in [6, 6.07) is 15.3. The number of carbonyl (C=O) groups excluding carboxylic acids is 1. The van der Waals surface area contributed by atoms with Crippen molar-refractivity contribution in [2.24, 2.45) is 0 Å². The van der Waals surface area contributed by atoms with E-state index >= 15 is 0 Å². The van der Waals surface area contributed by atoms with Crippen molar-refractivity contribution in [1.29, 1.82) is 0 Å². The second-order valence-electron chi connectivity index (χ2n) is 8.51. The summed E-state index contributed by atoms with van der Waals surface area (Å²) in [6.07, 6.45) is 13.2. The summed E-state index contributed by atoms with van der Waals surface area (Å²) in [5, 5.41) is 3.45. The number of hydrogen-bond acceptors (Lipinski definition) is 2. The topological polar surface area (TPSA) is 46.9 Å². The van der Waals surface area contributed by atoms with Gasteiger partial charge in [0.25, 0.3) is 5.91 Å². The highest BCUT2D eigenvalue weighted by molar-refractivity contribution is 6.33. The highest BCUT2D eigenvalue weighted by atomic mass is 35.5. The molecule has 0 saturated carbocycles. The lowest BCUT2D eigenvalue weighted by atomic mass is 10.1. The van der Waals surface area contributed by atoms with Crippen LogP contribution in [0.2, 0.25) is 5.02 Å². The Morgan fingerprint density at radius 2 is 1.50 bits per heavy atom. The summed E-state index contributed by atoms with van der Waals surface area (Å²) in [5.74, 6) is 0.718. The molecule has 32 heavy (non-hydrogen) atoms. The third kappa shape index (κ3) is 7.09. The smallest absolute Gasteiger partial charge is 0.253 e. The zero-order valence-corrected chi connectivity index (χ0v) is 20.0. The minimum Gasteiger partial charge on any atom is -0.345 e. The first-order valence-electron chi connectivity index (χ1n) is 12.2. The number of benzene rings is 2. The van der Waals surface area contributed by atoms with Gasteiger partial charge in [0.2, 0.25) is 0 Å². The molecule has 3 aromatic rings. The average molecular weight is 454 g/mol. The maximum Gasteiger partial charge on any atom is 0.253 e. The third-order valence-electron chi connectivity index (χ3n) is 5.99. The Bertz CT molecular complexity index is 982. The molecule has 4 nitrogen and oxygen atoms in total. The molecule has 0 radical (unpaired) electrons. The molecule has 2 aromatic carbocycles. The van der Waals surface area contributed by atoms with Crippen LogP contribution in [0.5, 0.6) is 0 Å². The molecular weight excluding hydrogens is 418 g/mol. The van der Waals surface area contributed by atoms with Crippen LogP contribution in [0.4, 0.5) is 0 Å². The average Bonchev–Trinajstić information content (AvgIpc) is 3.16. The summed E-state index contributed by atoms with van der Waals surface area (Å²) >= 11 is 6.17. The van der Waals surface area contributed by atoms with Crippen LogP contribution in [0, 0.1) is 0 Å². The number of unbranched alkanes of at least 4 members (excludes halogenated alkanes) is 9. The standard InChI is InChI=1S/C27H36ClN3O/c1-2-3-4-5-6-7-8-9-10-15-20-31-25-19-14-13-18-24(25)30-26(31)21-29-27(32)22-16-11-12-17-23(22)28/h11-14,16-19H,2-10,15,20-21H2,1H3,(H,29,32). The Hall–Kier alpha value is -2.33. The van der Waals surface area contributed by atoms with E-state index in [9.17, 15) is 4.79 Å². The molecule has 0 aliphatic rings. The van der Waals surface area contributed by atoms with Crippen LogP contribution < -0.4 is 5.32 Å². The molecule has 1 amide bonds. The van der Waals surface area contributed by atoms with Gasteiger partial charge in [-0.15, -0.1) is 0 Å². The summed E-state index contributed by atoms with van der Waals surface area (Å²) < 4.78 is 2.26. The molecule has 1 heterocycles. The monoisotopic (exact) mass is 453 g/mol. The van der Waals surface area contributed by atoms with Crippen LogP contribution in [0.25, 0.3) is 11.0 Å². The van der Waals surface area contributed by atoms with Crippen molar-refractivity contribution in [3.63, 3.8) is 0 Å². The van der Waals surface area contributed by atoms with Crippen molar-refractivity contribution in [2.75, 3.05) is 0 Å². The molecule has 172 valence electrons. The fourth-order valence-electron chi connectivity index (χ4n) is 4.17. The van der Waals surface area contributed by atoms with Gasteiger partial charge in [0, 0.05) is 6.54 Å². The number of aromatic nitrogens is 2. The molecule has 1 aromatic heterocycles. The number of imidazole rings is 1. The van der Waals surface area contributed by atoms with Crippen LogP contribution >= 0.6 is 11.6 Å². The second-order valence-corrected chi connectivity index (χ2v) is 8.92. The molecule has 0 atom stereocenters. The van der Waals surface area contributed by atoms with E-state index < -0.39 is 0 Å². The molecule has 0 unspecified atom stereocenters. The molecule has 0 fully saturated rings. The Morgan fingerprint density at radius 1 is 0.875 bits per heavy atom. The van der Waals surface area contributed by atoms with E-state index in [0.717, 1.165) is 29.8 Å². The lowest BCUT2D eigenvalue weighted by Crippen LogP contribution is -2.25. The van der Waals surface area contributed by atoms with Crippen molar-refractivity contribution in [3.8, 4) is 0 Å². The largest absolute Gasteiger partial charge is 0.345 e. The molecular formula is C27H36ClN3O. The number of aryl methyl sites for hydroxylation is 1. The molecule has 0 aliphatic heterocycles. The van der Waals surface area contributed by atoms with Gasteiger partial charge in [0.1, 0.15) is 5.82 Å². The summed E-state index contributed by atoms with van der Waals surface area (Å²) in [5.41, 5.74) is 2.60. The van der Waals surface area contributed by atoms with Crippen molar-refractivity contribution in [2.45, 2.75) is 84.2 Å². The first-order chi connectivity index (χ1) is 15.7. The Balaban J connectivity index is 1.51. The molecule has 0 spiro atoms. The van der Waals surface area contributed by atoms with Gasteiger partial charge in [-0.25, -0.2) is 4.98 Å². The van der Waals surface area contributed by atoms with Gasteiger partial charge < -0.3 is 9.88 Å². The lowest BCUT2D eigenvalue weighted by Gasteiger charge is -2.11. The van der Waals surface area contributed by atoms with Gasteiger partial charge in [-0.3, -0.25) is 4.79 Å². The van der Waals surface area contributed by atoms with Gasteiger partial charge in [-0.05, 0) is 30.7 Å².